The number of allylic oxidation sites excluding steroid dienone is 1. The van der Waals surface area contributed by atoms with Crippen LogP contribution >= 0.6 is 11.6 Å². The van der Waals surface area contributed by atoms with E-state index in [4.69, 9.17) is 16.1 Å². The first kappa shape index (κ1) is 16.2. The Morgan fingerprint density at radius 2 is 2.27 bits per heavy atom. The Balaban J connectivity index is 1.90. The summed E-state index contributed by atoms with van der Waals surface area (Å²) in [5.74, 6) is 0.898. The summed E-state index contributed by atoms with van der Waals surface area (Å²) in [6.45, 7) is 4.24. The predicted molar refractivity (Wildman–Crippen MR) is 85.5 cm³/mol. The van der Waals surface area contributed by atoms with Gasteiger partial charge in [-0.1, -0.05) is 41.9 Å². The Bertz CT molecular complexity index is 680. The van der Waals surface area contributed by atoms with Crippen LogP contribution in [0.4, 0.5) is 0 Å². The number of carbonyl (C=O) groups excluding carboxylic acids is 1. The highest BCUT2D eigenvalue weighted by molar-refractivity contribution is 6.30. The van der Waals surface area contributed by atoms with Crippen LogP contribution in [-0.4, -0.2) is 22.6 Å². The second-order valence-corrected chi connectivity index (χ2v) is 5.26. The molecule has 0 fully saturated rings. The largest absolute Gasteiger partial charge is 0.352 e. The average Bonchev–Trinajstić information content (AvgIpc) is 2.96. The summed E-state index contributed by atoms with van der Waals surface area (Å²) in [5.41, 5.74) is 1.51. The maximum absolute atomic E-state index is 11.7. The number of nitrogens with zero attached hydrogens (tertiary/aromatic N) is 2. The van der Waals surface area contributed by atoms with E-state index in [9.17, 15) is 4.79 Å². The molecule has 5 nitrogen and oxygen atoms in total. The Morgan fingerprint density at radius 1 is 1.45 bits per heavy atom. The van der Waals surface area contributed by atoms with Crippen LogP contribution in [0.1, 0.15) is 26.2 Å². The number of rotatable bonds is 6. The second-order valence-electron chi connectivity index (χ2n) is 4.82. The zero-order valence-corrected chi connectivity index (χ0v) is 13.4. The van der Waals surface area contributed by atoms with Crippen molar-refractivity contribution in [2.75, 3.05) is 6.54 Å². The molecule has 1 N–H and O–H groups in total. The van der Waals surface area contributed by atoms with E-state index >= 15 is 0 Å². The molecule has 1 heterocycles. The van der Waals surface area contributed by atoms with Crippen molar-refractivity contribution in [3.8, 4) is 11.4 Å². The van der Waals surface area contributed by atoms with Crippen molar-refractivity contribution >= 4 is 17.5 Å². The average molecular weight is 320 g/mol. The van der Waals surface area contributed by atoms with Crippen molar-refractivity contribution in [3.63, 3.8) is 0 Å². The molecule has 6 heteroatoms. The van der Waals surface area contributed by atoms with E-state index < -0.39 is 0 Å². The molecule has 0 atom stereocenters. The third kappa shape index (κ3) is 4.43. The summed E-state index contributed by atoms with van der Waals surface area (Å²) in [7, 11) is 0. The van der Waals surface area contributed by atoms with E-state index in [0.717, 1.165) is 12.0 Å². The lowest BCUT2D eigenvalue weighted by atomic mass is 10.2. The molecule has 2 rings (SSSR count). The Hall–Kier alpha value is -2.14. The van der Waals surface area contributed by atoms with Gasteiger partial charge < -0.3 is 9.84 Å². The molecule has 0 aliphatic rings. The number of carbonyl (C=O) groups is 1. The monoisotopic (exact) mass is 319 g/mol. The molecule has 0 saturated heterocycles. The molecule has 1 amide bonds. The summed E-state index contributed by atoms with van der Waals surface area (Å²) in [4.78, 5) is 16.0. The van der Waals surface area contributed by atoms with Crippen LogP contribution in [0.5, 0.6) is 0 Å². The number of amides is 1. The molecule has 0 aliphatic carbocycles. The van der Waals surface area contributed by atoms with Gasteiger partial charge in [0.2, 0.25) is 17.6 Å². The summed E-state index contributed by atoms with van der Waals surface area (Å²) in [6, 6.07) is 7.25. The molecule has 0 unspecified atom stereocenters. The van der Waals surface area contributed by atoms with Gasteiger partial charge in [0.1, 0.15) is 0 Å². The summed E-state index contributed by atoms with van der Waals surface area (Å²) < 4.78 is 5.18. The Morgan fingerprint density at radius 3 is 3.00 bits per heavy atom. The van der Waals surface area contributed by atoms with Crippen molar-refractivity contribution in [3.05, 3.63) is 46.8 Å². The molecule has 0 bridgehead atoms. The van der Waals surface area contributed by atoms with Crippen LogP contribution in [0, 0.1) is 0 Å². The lowest BCUT2D eigenvalue weighted by molar-refractivity contribution is -0.117. The van der Waals surface area contributed by atoms with Crippen molar-refractivity contribution in [1.82, 2.24) is 15.5 Å². The van der Waals surface area contributed by atoms with Gasteiger partial charge in [0, 0.05) is 29.1 Å². The summed E-state index contributed by atoms with van der Waals surface area (Å²) in [5, 5.41) is 7.36. The smallest absolute Gasteiger partial charge is 0.246 e. The molecular formula is C16H18ClN3O2. The van der Waals surface area contributed by atoms with E-state index in [0.29, 0.717) is 35.3 Å². The van der Waals surface area contributed by atoms with Gasteiger partial charge in [-0.15, -0.1) is 0 Å². The Labute approximate surface area is 134 Å². The van der Waals surface area contributed by atoms with Crippen LogP contribution in [0.2, 0.25) is 5.02 Å². The second kappa shape index (κ2) is 7.75. The summed E-state index contributed by atoms with van der Waals surface area (Å²) in [6.07, 6.45) is 3.21. The minimum Gasteiger partial charge on any atom is -0.352 e. The molecular weight excluding hydrogens is 302 g/mol. The highest BCUT2D eigenvalue weighted by atomic mass is 35.5. The molecule has 0 saturated carbocycles. The number of nitrogens with one attached hydrogen (secondary N) is 1. The van der Waals surface area contributed by atoms with Gasteiger partial charge in [-0.2, -0.15) is 4.98 Å². The van der Waals surface area contributed by atoms with E-state index in [2.05, 4.69) is 15.5 Å². The number of hydrogen-bond donors (Lipinski definition) is 1. The number of hydrogen-bond acceptors (Lipinski definition) is 4. The molecule has 22 heavy (non-hydrogen) atoms. The quantitative estimate of drug-likeness (QED) is 0.828. The molecule has 2 aromatic rings. The third-order valence-electron chi connectivity index (χ3n) is 3.04. The van der Waals surface area contributed by atoms with Gasteiger partial charge in [0.15, 0.2) is 0 Å². The maximum Gasteiger partial charge on any atom is 0.246 e. The molecule has 116 valence electrons. The fourth-order valence-corrected chi connectivity index (χ4v) is 2.11. The molecule has 0 radical (unpaired) electrons. The van der Waals surface area contributed by atoms with Crippen molar-refractivity contribution in [1.29, 1.82) is 0 Å². The minimum absolute atomic E-state index is 0.0728. The van der Waals surface area contributed by atoms with Gasteiger partial charge in [0.05, 0.1) is 0 Å². The lowest BCUT2D eigenvalue weighted by Crippen LogP contribution is -2.26. The minimum atomic E-state index is -0.0728. The molecule has 1 aromatic heterocycles. The number of benzene rings is 1. The van der Waals surface area contributed by atoms with Gasteiger partial charge >= 0.3 is 0 Å². The summed E-state index contributed by atoms with van der Waals surface area (Å²) >= 11 is 5.94. The van der Waals surface area contributed by atoms with Crippen molar-refractivity contribution in [2.24, 2.45) is 0 Å². The van der Waals surface area contributed by atoms with Gasteiger partial charge in [-0.3, -0.25) is 4.79 Å². The van der Waals surface area contributed by atoms with Crippen LogP contribution in [0.25, 0.3) is 11.4 Å². The first-order valence-corrected chi connectivity index (χ1v) is 7.51. The van der Waals surface area contributed by atoms with E-state index in [1.807, 2.05) is 25.1 Å². The lowest BCUT2D eigenvalue weighted by Gasteiger charge is -2.02. The highest BCUT2D eigenvalue weighted by Gasteiger charge is 2.09. The van der Waals surface area contributed by atoms with E-state index in [-0.39, 0.29) is 5.91 Å². The van der Waals surface area contributed by atoms with E-state index in [1.54, 1.807) is 19.1 Å². The zero-order chi connectivity index (χ0) is 15.9. The number of aromatic nitrogens is 2. The first-order valence-electron chi connectivity index (χ1n) is 7.13. The van der Waals surface area contributed by atoms with Crippen LogP contribution < -0.4 is 5.32 Å². The topological polar surface area (TPSA) is 68.0 Å². The normalized spacial score (nSPS) is 11.5. The molecule has 1 aromatic carbocycles. The van der Waals surface area contributed by atoms with Crippen molar-refractivity contribution in [2.45, 2.75) is 26.7 Å². The van der Waals surface area contributed by atoms with Gasteiger partial charge in [-0.25, -0.2) is 0 Å². The standard InChI is InChI=1S/C16H18ClN3O2/c1-3-5-11(2)16(21)18-9-8-14-19-15(20-22-14)12-6-4-7-13(17)10-12/h4-7,10H,3,8-9H2,1-2H3,(H,18,21). The maximum atomic E-state index is 11.7. The van der Waals surface area contributed by atoms with Crippen LogP contribution in [-0.2, 0) is 11.2 Å². The Kier molecular flexibility index (Phi) is 5.72. The van der Waals surface area contributed by atoms with Crippen LogP contribution in [0.3, 0.4) is 0 Å². The van der Waals surface area contributed by atoms with Gasteiger partial charge in [0.25, 0.3) is 0 Å². The number of halogens is 1. The molecule has 0 aliphatic heterocycles. The predicted octanol–water partition coefficient (Wildman–Crippen LogP) is 3.41. The van der Waals surface area contributed by atoms with Crippen LogP contribution in [0.15, 0.2) is 40.4 Å². The fraction of sp³-hybridized carbons (Fsp3) is 0.312. The zero-order valence-electron chi connectivity index (χ0n) is 12.6. The SMILES string of the molecule is CCC=C(C)C(=O)NCCc1nc(-c2cccc(Cl)c2)no1. The molecule has 0 spiro atoms. The fourth-order valence-electron chi connectivity index (χ4n) is 1.92. The highest BCUT2D eigenvalue weighted by Crippen LogP contribution is 2.19. The van der Waals surface area contributed by atoms with Crippen molar-refractivity contribution < 1.29 is 9.32 Å². The first-order chi connectivity index (χ1) is 10.6. The van der Waals surface area contributed by atoms with Gasteiger partial charge in [-0.05, 0) is 25.5 Å². The van der Waals surface area contributed by atoms with E-state index in [1.165, 1.54) is 0 Å². The third-order valence-corrected chi connectivity index (χ3v) is 3.28.